The van der Waals surface area contributed by atoms with E-state index in [1.54, 1.807) is 5.56 Å². The second-order valence-electron chi connectivity index (χ2n) is 6.02. The number of benzene rings is 1. The molecule has 3 unspecified atom stereocenters. The standard InChI is InChI=1S/C16H23NS/c1-12-7-8-17(13(2)9-12)10-14-11-18-16-6-4-3-5-15(14)16/h3-6,12-14H,7-11H2,1-2H3. The molecule has 2 heterocycles. The molecule has 98 valence electrons. The Morgan fingerprint density at radius 2 is 2.11 bits per heavy atom. The van der Waals surface area contributed by atoms with E-state index in [1.807, 2.05) is 11.8 Å². The molecule has 1 saturated heterocycles. The van der Waals surface area contributed by atoms with Gasteiger partial charge in [0.1, 0.15) is 0 Å². The Morgan fingerprint density at radius 1 is 1.28 bits per heavy atom. The Bertz CT molecular complexity index is 417. The van der Waals surface area contributed by atoms with Crippen LogP contribution < -0.4 is 0 Å². The first-order valence-corrected chi connectivity index (χ1v) is 8.18. The molecule has 1 aromatic rings. The summed E-state index contributed by atoms with van der Waals surface area (Å²) < 4.78 is 0. The number of rotatable bonds is 2. The smallest absolute Gasteiger partial charge is 0.0108 e. The lowest BCUT2D eigenvalue weighted by Gasteiger charge is -2.38. The molecule has 0 aromatic heterocycles. The zero-order valence-corrected chi connectivity index (χ0v) is 12.2. The van der Waals surface area contributed by atoms with E-state index in [0.29, 0.717) is 0 Å². The van der Waals surface area contributed by atoms with Crippen LogP contribution in [0.1, 0.15) is 38.2 Å². The first-order chi connectivity index (χ1) is 8.74. The molecular formula is C16H23NS. The highest BCUT2D eigenvalue weighted by Crippen LogP contribution is 2.40. The van der Waals surface area contributed by atoms with Crippen molar-refractivity contribution in [3.8, 4) is 0 Å². The van der Waals surface area contributed by atoms with Gasteiger partial charge in [-0.15, -0.1) is 11.8 Å². The lowest BCUT2D eigenvalue weighted by molar-refractivity contribution is 0.124. The maximum absolute atomic E-state index is 2.72. The second-order valence-corrected chi connectivity index (χ2v) is 7.08. The zero-order valence-electron chi connectivity index (χ0n) is 11.4. The van der Waals surface area contributed by atoms with Crippen molar-refractivity contribution in [1.82, 2.24) is 4.90 Å². The minimum Gasteiger partial charge on any atom is -0.300 e. The number of piperidine rings is 1. The van der Waals surface area contributed by atoms with Gasteiger partial charge in [0.05, 0.1) is 0 Å². The molecule has 3 atom stereocenters. The van der Waals surface area contributed by atoms with Crippen molar-refractivity contribution < 1.29 is 0 Å². The summed E-state index contributed by atoms with van der Waals surface area (Å²) in [6, 6.07) is 9.74. The molecule has 0 radical (unpaired) electrons. The van der Waals surface area contributed by atoms with Gasteiger partial charge in [0, 0.05) is 29.2 Å². The first-order valence-electron chi connectivity index (χ1n) is 7.20. The average Bonchev–Trinajstić information content (AvgIpc) is 2.76. The lowest BCUT2D eigenvalue weighted by atomic mass is 9.91. The molecule has 0 aliphatic carbocycles. The normalized spacial score (nSPS) is 32.4. The van der Waals surface area contributed by atoms with Crippen molar-refractivity contribution in [1.29, 1.82) is 0 Å². The van der Waals surface area contributed by atoms with Gasteiger partial charge in [0.15, 0.2) is 0 Å². The van der Waals surface area contributed by atoms with Crippen LogP contribution in [-0.4, -0.2) is 29.8 Å². The number of nitrogens with zero attached hydrogens (tertiary/aromatic N) is 1. The van der Waals surface area contributed by atoms with E-state index in [2.05, 4.69) is 43.0 Å². The highest BCUT2D eigenvalue weighted by Gasteiger charge is 2.29. The molecule has 0 N–H and O–H groups in total. The van der Waals surface area contributed by atoms with Gasteiger partial charge in [-0.2, -0.15) is 0 Å². The summed E-state index contributed by atoms with van der Waals surface area (Å²) in [6.07, 6.45) is 2.76. The molecule has 2 aliphatic rings. The van der Waals surface area contributed by atoms with Crippen LogP contribution in [0, 0.1) is 5.92 Å². The van der Waals surface area contributed by atoms with Gasteiger partial charge in [0.25, 0.3) is 0 Å². The van der Waals surface area contributed by atoms with Crippen LogP contribution in [0.4, 0.5) is 0 Å². The predicted molar refractivity (Wildman–Crippen MR) is 79.3 cm³/mol. The first kappa shape index (κ1) is 12.6. The number of fused-ring (bicyclic) bond motifs is 1. The topological polar surface area (TPSA) is 3.24 Å². The molecule has 0 amide bonds. The van der Waals surface area contributed by atoms with Crippen LogP contribution in [0.3, 0.4) is 0 Å². The number of hydrogen-bond donors (Lipinski definition) is 0. The van der Waals surface area contributed by atoms with Crippen LogP contribution in [0.15, 0.2) is 29.2 Å². The van der Waals surface area contributed by atoms with Crippen LogP contribution in [0.5, 0.6) is 0 Å². The van der Waals surface area contributed by atoms with Crippen LogP contribution in [0.2, 0.25) is 0 Å². The van der Waals surface area contributed by atoms with E-state index in [-0.39, 0.29) is 0 Å². The lowest BCUT2D eigenvalue weighted by Crippen LogP contribution is -2.42. The van der Waals surface area contributed by atoms with E-state index in [4.69, 9.17) is 0 Å². The summed E-state index contributed by atoms with van der Waals surface area (Å²) in [5, 5.41) is 0. The average molecular weight is 261 g/mol. The molecule has 1 aromatic carbocycles. The summed E-state index contributed by atoms with van der Waals surface area (Å²) in [6.45, 7) is 7.36. The molecule has 0 saturated carbocycles. The SMILES string of the molecule is CC1CCN(CC2CSc3ccccc32)C(C)C1. The molecule has 0 spiro atoms. The highest BCUT2D eigenvalue weighted by molar-refractivity contribution is 7.99. The van der Waals surface area contributed by atoms with Gasteiger partial charge in [-0.25, -0.2) is 0 Å². The van der Waals surface area contributed by atoms with Crippen molar-refractivity contribution in [3.63, 3.8) is 0 Å². The minimum atomic E-state index is 0.752. The Labute approximate surface area is 115 Å². The Balaban J connectivity index is 1.68. The molecule has 1 fully saturated rings. The summed E-state index contributed by atoms with van der Waals surface area (Å²) in [7, 11) is 0. The molecular weight excluding hydrogens is 238 g/mol. The summed E-state index contributed by atoms with van der Waals surface area (Å²) in [5.41, 5.74) is 1.59. The minimum absolute atomic E-state index is 0.752. The third kappa shape index (κ3) is 2.46. The van der Waals surface area contributed by atoms with Gasteiger partial charge < -0.3 is 4.90 Å². The van der Waals surface area contributed by atoms with Crippen molar-refractivity contribution in [2.24, 2.45) is 5.92 Å². The number of hydrogen-bond acceptors (Lipinski definition) is 2. The summed E-state index contributed by atoms with van der Waals surface area (Å²) in [4.78, 5) is 4.23. The fraction of sp³-hybridized carbons (Fsp3) is 0.625. The van der Waals surface area contributed by atoms with Crippen LogP contribution in [0.25, 0.3) is 0 Å². The van der Waals surface area contributed by atoms with Crippen LogP contribution in [-0.2, 0) is 0 Å². The number of thioether (sulfide) groups is 1. The third-order valence-electron chi connectivity index (χ3n) is 4.53. The maximum Gasteiger partial charge on any atom is 0.0108 e. The fourth-order valence-electron chi connectivity index (χ4n) is 3.39. The van der Waals surface area contributed by atoms with Gasteiger partial charge in [-0.1, -0.05) is 25.1 Å². The highest BCUT2D eigenvalue weighted by atomic mass is 32.2. The fourth-order valence-corrected chi connectivity index (χ4v) is 4.63. The Kier molecular flexibility index (Phi) is 3.67. The molecule has 2 aliphatic heterocycles. The quantitative estimate of drug-likeness (QED) is 0.792. The maximum atomic E-state index is 2.72. The molecule has 0 bridgehead atoms. The van der Waals surface area contributed by atoms with Gasteiger partial charge in [0.2, 0.25) is 0 Å². The summed E-state index contributed by atoms with van der Waals surface area (Å²) in [5.74, 6) is 2.95. The van der Waals surface area contributed by atoms with Gasteiger partial charge in [-0.05, 0) is 43.9 Å². The Morgan fingerprint density at radius 3 is 2.94 bits per heavy atom. The van der Waals surface area contributed by atoms with E-state index in [9.17, 15) is 0 Å². The number of likely N-dealkylation sites (tertiary alicyclic amines) is 1. The van der Waals surface area contributed by atoms with E-state index in [1.165, 1.54) is 36.6 Å². The molecule has 1 nitrogen and oxygen atoms in total. The Hall–Kier alpha value is -0.470. The van der Waals surface area contributed by atoms with Crippen molar-refractivity contribution in [2.75, 3.05) is 18.8 Å². The van der Waals surface area contributed by atoms with E-state index < -0.39 is 0 Å². The molecule has 18 heavy (non-hydrogen) atoms. The van der Waals surface area contributed by atoms with Crippen molar-refractivity contribution in [2.45, 2.75) is 43.5 Å². The van der Waals surface area contributed by atoms with E-state index >= 15 is 0 Å². The van der Waals surface area contributed by atoms with E-state index in [0.717, 1.165) is 17.9 Å². The second kappa shape index (κ2) is 5.26. The van der Waals surface area contributed by atoms with Crippen LogP contribution >= 0.6 is 11.8 Å². The van der Waals surface area contributed by atoms with Crippen molar-refractivity contribution in [3.05, 3.63) is 29.8 Å². The largest absolute Gasteiger partial charge is 0.300 e. The monoisotopic (exact) mass is 261 g/mol. The zero-order chi connectivity index (χ0) is 12.5. The summed E-state index contributed by atoms with van der Waals surface area (Å²) >= 11 is 2.04. The molecule has 2 heteroatoms. The van der Waals surface area contributed by atoms with Crippen molar-refractivity contribution >= 4 is 11.8 Å². The van der Waals surface area contributed by atoms with Gasteiger partial charge >= 0.3 is 0 Å². The predicted octanol–water partition coefficient (Wildman–Crippen LogP) is 4.00. The molecule has 3 rings (SSSR count). The van der Waals surface area contributed by atoms with Gasteiger partial charge in [-0.3, -0.25) is 0 Å². The third-order valence-corrected chi connectivity index (χ3v) is 5.78.